The van der Waals surface area contributed by atoms with Gasteiger partial charge in [0, 0.05) is 17.1 Å². The van der Waals surface area contributed by atoms with Gasteiger partial charge >= 0.3 is 0 Å². The number of carbonyl (C=O) groups excluding carboxylic acids is 1. The standard InChI is InChI=1S/C14H15N3O3S3/c18-14(12-2-1-4-22-12)15-13-10-6-21-7-11(10)16-17(13)9-3-5-23(19,20)8-9/h1-2,4,9H,3,5-8H2,(H,15,18). The van der Waals surface area contributed by atoms with Crippen LogP contribution in [0.1, 0.15) is 33.4 Å². The van der Waals surface area contributed by atoms with Crippen LogP contribution < -0.4 is 5.32 Å². The summed E-state index contributed by atoms with van der Waals surface area (Å²) in [7, 11) is -3.00. The van der Waals surface area contributed by atoms with Gasteiger partial charge in [-0.15, -0.1) is 11.3 Å². The molecule has 4 heterocycles. The molecule has 1 N–H and O–H groups in total. The summed E-state index contributed by atoms with van der Waals surface area (Å²) in [6.45, 7) is 0. The number of anilines is 1. The van der Waals surface area contributed by atoms with Gasteiger partial charge in [-0.1, -0.05) is 6.07 Å². The van der Waals surface area contributed by atoms with E-state index < -0.39 is 9.84 Å². The predicted molar refractivity (Wildman–Crippen MR) is 91.8 cm³/mol. The van der Waals surface area contributed by atoms with E-state index in [4.69, 9.17) is 0 Å². The molecule has 23 heavy (non-hydrogen) atoms. The van der Waals surface area contributed by atoms with Gasteiger partial charge in [0.2, 0.25) is 0 Å². The predicted octanol–water partition coefficient (Wildman–Crippen LogP) is 2.30. The normalized spacial score (nSPS) is 22.2. The molecule has 6 nitrogen and oxygen atoms in total. The lowest BCUT2D eigenvalue weighted by atomic mass is 10.2. The molecule has 2 aliphatic rings. The SMILES string of the molecule is O=C(Nc1c2c(nn1C1CCS(=O)(=O)C1)CSC2)c1cccs1. The van der Waals surface area contributed by atoms with Gasteiger partial charge in [0.1, 0.15) is 5.82 Å². The number of sulfone groups is 1. The molecule has 0 aromatic carbocycles. The van der Waals surface area contributed by atoms with Crippen LogP contribution in [-0.4, -0.2) is 35.6 Å². The van der Waals surface area contributed by atoms with Crippen molar-refractivity contribution in [1.29, 1.82) is 0 Å². The summed E-state index contributed by atoms with van der Waals surface area (Å²) in [5.41, 5.74) is 1.99. The van der Waals surface area contributed by atoms with Crippen molar-refractivity contribution in [1.82, 2.24) is 9.78 Å². The number of nitrogens with one attached hydrogen (secondary N) is 1. The summed E-state index contributed by atoms with van der Waals surface area (Å²) in [6, 6.07) is 3.42. The van der Waals surface area contributed by atoms with Gasteiger partial charge in [-0.2, -0.15) is 16.9 Å². The lowest BCUT2D eigenvalue weighted by Crippen LogP contribution is -2.20. The highest BCUT2D eigenvalue weighted by Gasteiger charge is 2.34. The smallest absolute Gasteiger partial charge is 0.266 e. The topological polar surface area (TPSA) is 81.1 Å². The van der Waals surface area contributed by atoms with Gasteiger partial charge in [0.15, 0.2) is 9.84 Å². The van der Waals surface area contributed by atoms with Crippen molar-refractivity contribution in [3.63, 3.8) is 0 Å². The third-order valence-corrected chi connectivity index (χ3v) is 7.70. The Kier molecular flexibility index (Phi) is 3.73. The molecule has 2 aromatic heterocycles. The third-order valence-electron chi connectivity index (χ3n) is 4.11. The van der Waals surface area contributed by atoms with E-state index in [2.05, 4.69) is 10.4 Å². The first-order valence-electron chi connectivity index (χ1n) is 7.27. The zero-order valence-corrected chi connectivity index (χ0v) is 14.6. The fraction of sp³-hybridized carbons (Fsp3) is 0.429. The summed E-state index contributed by atoms with van der Waals surface area (Å²) in [5.74, 6) is 2.41. The average Bonchev–Trinajstić information content (AvgIpc) is 3.23. The Bertz CT molecular complexity index is 855. The number of hydrogen-bond acceptors (Lipinski definition) is 6. The van der Waals surface area contributed by atoms with Gasteiger partial charge in [-0.25, -0.2) is 13.1 Å². The van der Waals surface area contributed by atoms with Crippen LogP contribution in [0.25, 0.3) is 0 Å². The van der Waals surface area contributed by atoms with Crippen molar-refractivity contribution in [2.45, 2.75) is 24.0 Å². The lowest BCUT2D eigenvalue weighted by molar-refractivity contribution is 0.102. The van der Waals surface area contributed by atoms with Crippen molar-refractivity contribution >= 4 is 44.7 Å². The number of hydrogen-bond donors (Lipinski definition) is 1. The molecule has 0 saturated carbocycles. The van der Waals surface area contributed by atoms with E-state index in [-0.39, 0.29) is 23.5 Å². The van der Waals surface area contributed by atoms with Crippen molar-refractivity contribution in [2.75, 3.05) is 16.8 Å². The second kappa shape index (κ2) is 5.64. The molecule has 9 heteroatoms. The Morgan fingerprint density at radius 3 is 2.96 bits per heavy atom. The number of thiophene rings is 1. The maximum absolute atomic E-state index is 12.4. The molecule has 0 bridgehead atoms. The molecular weight excluding hydrogens is 354 g/mol. The number of nitrogens with zero attached hydrogens (tertiary/aromatic N) is 2. The Balaban J connectivity index is 1.69. The second-order valence-corrected chi connectivity index (χ2v) is 9.86. The van der Waals surface area contributed by atoms with Gasteiger partial charge in [-0.3, -0.25) is 4.79 Å². The average molecular weight is 369 g/mol. The molecule has 0 aliphatic carbocycles. The third kappa shape index (κ3) is 2.81. The second-order valence-electron chi connectivity index (χ2n) is 5.70. The molecule has 0 radical (unpaired) electrons. The molecule has 4 rings (SSSR count). The maximum Gasteiger partial charge on any atom is 0.266 e. The van der Waals surface area contributed by atoms with E-state index in [1.54, 1.807) is 22.5 Å². The molecule has 1 amide bonds. The lowest BCUT2D eigenvalue weighted by Gasteiger charge is -2.15. The number of aromatic nitrogens is 2. The number of amides is 1. The zero-order chi connectivity index (χ0) is 16.0. The Hall–Kier alpha value is -1.32. The molecule has 1 saturated heterocycles. The maximum atomic E-state index is 12.4. The number of carbonyl (C=O) groups is 1. The summed E-state index contributed by atoms with van der Waals surface area (Å²) in [5, 5.41) is 9.41. The van der Waals surface area contributed by atoms with Crippen LogP contribution >= 0.6 is 23.1 Å². The van der Waals surface area contributed by atoms with Crippen LogP contribution in [0.2, 0.25) is 0 Å². The van der Waals surface area contributed by atoms with E-state index in [1.165, 1.54) is 11.3 Å². The van der Waals surface area contributed by atoms with Crippen LogP contribution in [0.3, 0.4) is 0 Å². The molecule has 1 fully saturated rings. The highest BCUT2D eigenvalue weighted by Crippen LogP contribution is 2.38. The van der Waals surface area contributed by atoms with Crippen LogP contribution in [0, 0.1) is 0 Å². The first-order chi connectivity index (χ1) is 11.0. The minimum Gasteiger partial charge on any atom is -0.306 e. The number of thioether (sulfide) groups is 1. The minimum absolute atomic E-state index is 0.0998. The van der Waals surface area contributed by atoms with Crippen molar-refractivity contribution in [3.05, 3.63) is 33.6 Å². The monoisotopic (exact) mass is 369 g/mol. The van der Waals surface area contributed by atoms with E-state index in [0.717, 1.165) is 22.8 Å². The van der Waals surface area contributed by atoms with E-state index >= 15 is 0 Å². The largest absolute Gasteiger partial charge is 0.306 e. The van der Waals surface area contributed by atoms with Crippen LogP contribution in [-0.2, 0) is 21.3 Å². The van der Waals surface area contributed by atoms with Gasteiger partial charge in [-0.05, 0) is 17.9 Å². The van der Waals surface area contributed by atoms with Crippen LogP contribution in [0.15, 0.2) is 17.5 Å². The molecule has 0 spiro atoms. The summed E-state index contributed by atoms with van der Waals surface area (Å²) < 4.78 is 25.3. The summed E-state index contributed by atoms with van der Waals surface area (Å²) in [4.78, 5) is 13.0. The number of rotatable bonds is 3. The Labute approximate surface area is 142 Å². The van der Waals surface area contributed by atoms with Crippen molar-refractivity contribution in [3.8, 4) is 0 Å². The van der Waals surface area contributed by atoms with Gasteiger partial charge < -0.3 is 5.32 Å². The highest BCUT2D eigenvalue weighted by atomic mass is 32.2. The number of fused-ring (bicyclic) bond motifs is 1. The minimum atomic E-state index is -3.00. The van der Waals surface area contributed by atoms with Crippen molar-refractivity contribution < 1.29 is 13.2 Å². The molecule has 1 atom stereocenters. The molecule has 122 valence electrons. The fourth-order valence-corrected chi connectivity index (χ4v) is 6.32. The fourth-order valence-electron chi connectivity index (χ4n) is 2.97. The van der Waals surface area contributed by atoms with E-state index in [9.17, 15) is 13.2 Å². The molecule has 1 unspecified atom stereocenters. The van der Waals surface area contributed by atoms with Gasteiger partial charge in [0.25, 0.3) is 5.91 Å². The van der Waals surface area contributed by atoms with Crippen LogP contribution in [0.4, 0.5) is 5.82 Å². The van der Waals surface area contributed by atoms with Gasteiger partial charge in [0.05, 0.1) is 28.1 Å². The summed E-state index contributed by atoms with van der Waals surface area (Å²) in [6.07, 6.45) is 0.553. The Morgan fingerprint density at radius 1 is 1.39 bits per heavy atom. The summed E-state index contributed by atoms with van der Waals surface area (Å²) >= 11 is 3.14. The first-order valence-corrected chi connectivity index (χ1v) is 11.1. The molecule has 2 aromatic rings. The Morgan fingerprint density at radius 2 is 2.26 bits per heavy atom. The van der Waals surface area contributed by atoms with E-state index in [1.807, 2.05) is 11.4 Å². The zero-order valence-electron chi connectivity index (χ0n) is 12.2. The quantitative estimate of drug-likeness (QED) is 0.898. The highest BCUT2D eigenvalue weighted by molar-refractivity contribution is 7.98. The van der Waals surface area contributed by atoms with Crippen LogP contribution in [0.5, 0.6) is 0 Å². The first kappa shape index (κ1) is 15.2. The van der Waals surface area contributed by atoms with Crippen molar-refractivity contribution in [2.24, 2.45) is 0 Å². The van der Waals surface area contributed by atoms with E-state index in [0.29, 0.717) is 17.1 Å². The molecule has 2 aliphatic heterocycles. The molecular formula is C14H15N3O3S3.